The molecule has 1 fully saturated rings. The highest BCUT2D eigenvalue weighted by Gasteiger charge is 2.23. The summed E-state index contributed by atoms with van der Waals surface area (Å²) in [7, 11) is 2.21. The fraction of sp³-hybridized carbons (Fsp3) is 0.625. The van der Waals surface area contributed by atoms with Gasteiger partial charge in [0.2, 0.25) is 0 Å². The van der Waals surface area contributed by atoms with Crippen LogP contribution in [0.25, 0.3) is 0 Å². The second kappa shape index (κ2) is 6.76. The molecule has 1 aromatic rings. The normalized spacial score (nSPS) is 17.1. The van der Waals surface area contributed by atoms with Gasteiger partial charge in [-0.1, -0.05) is 13.0 Å². The maximum atomic E-state index is 3.74. The summed E-state index contributed by atoms with van der Waals surface area (Å²) < 4.78 is 1.21. The third-order valence-electron chi connectivity index (χ3n) is 4.17. The second-order valence-electron chi connectivity index (χ2n) is 5.58. The van der Waals surface area contributed by atoms with E-state index in [1.165, 1.54) is 41.4 Å². The van der Waals surface area contributed by atoms with Crippen LogP contribution in [0.4, 0.5) is 5.69 Å². The summed E-state index contributed by atoms with van der Waals surface area (Å²) in [6.07, 6.45) is 5.22. The van der Waals surface area contributed by atoms with Crippen molar-refractivity contribution >= 4 is 21.6 Å². The molecule has 0 aliphatic heterocycles. The molecule has 2 nitrogen and oxygen atoms in total. The third-order valence-corrected chi connectivity index (χ3v) is 4.81. The van der Waals surface area contributed by atoms with E-state index in [-0.39, 0.29) is 0 Å². The molecule has 1 aliphatic carbocycles. The molecule has 0 amide bonds. The second-order valence-corrected chi connectivity index (χ2v) is 6.44. The molecule has 106 valence electrons. The summed E-state index contributed by atoms with van der Waals surface area (Å²) in [5, 5.41) is 3.54. The van der Waals surface area contributed by atoms with Gasteiger partial charge in [-0.3, -0.25) is 0 Å². The standard InChI is InChI=1S/C16H25BrN2/c1-4-10-18-12(2)13-8-9-16(15(17)11-13)19(3)14-6-5-7-14/h8-9,11-12,14,18H,4-7,10H2,1-3H3. The largest absolute Gasteiger partial charge is 0.371 e. The minimum atomic E-state index is 0.416. The summed E-state index contributed by atoms with van der Waals surface area (Å²) in [5.74, 6) is 0. The van der Waals surface area contributed by atoms with Gasteiger partial charge >= 0.3 is 0 Å². The average Bonchev–Trinajstić information content (AvgIpc) is 2.33. The van der Waals surface area contributed by atoms with E-state index < -0.39 is 0 Å². The van der Waals surface area contributed by atoms with Gasteiger partial charge in [0.05, 0.1) is 5.69 Å². The molecular weight excluding hydrogens is 300 g/mol. The van der Waals surface area contributed by atoms with E-state index in [9.17, 15) is 0 Å². The first-order valence-electron chi connectivity index (χ1n) is 7.39. The fourth-order valence-electron chi connectivity index (χ4n) is 2.53. The Morgan fingerprint density at radius 3 is 2.68 bits per heavy atom. The third kappa shape index (κ3) is 3.51. The lowest BCUT2D eigenvalue weighted by molar-refractivity contribution is 0.401. The topological polar surface area (TPSA) is 15.3 Å². The Hall–Kier alpha value is -0.540. The molecule has 1 atom stereocenters. The number of benzene rings is 1. The SMILES string of the molecule is CCCNC(C)c1ccc(N(C)C2CCC2)c(Br)c1. The number of hydrogen-bond acceptors (Lipinski definition) is 2. The quantitative estimate of drug-likeness (QED) is 0.828. The van der Waals surface area contributed by atoms with Crippen molar-refractivity contribution in [2.75, 3.05) is 18.5 Å². The summed E-state index contributed by atoms with van der Waals surface area (Å²) >= 11 is 3.74. The molecule has 2 rings (SSSR count). The van der Waals surface area contributed by atoms with Crippen LogP contribution in [0.2, 0.25) is 0 Å². The molecule has 1 saturated carbocycles. The van der Waals surface area contributed by atoms with E-state index in [1.54, 1.807) is 0 Å². The van der Waals surface area contributed by atoms with Gasteiger partial charge in [-0.15, -0.1) is 0 Å². The Morgan fingerprint density at radius 2 is 2.16 bits per heavy atom. The van der Waals surface area contributed by atoms with Crippen LogP contribution in [0.3, 0.4) is 0 Å². The number of rotatable bonds is 6. The molecule has 1 aliphatic rings. The molecule has 3 heteroatoms. The van der Waals surface area contributed by atoms with Crippen molar-refractivity contribution in [1.29, 1.82) is 0 Å². The molecule has 1 aromatic carbocycles. The summed E-state index contributed by atoms with van der Waals surface area (Å²) in [6, 6.07) is 7.92. The van der Waals surface area contributed by atoms with E-state index in [1.807, 2.05) is 0 Å². The lowest BCUT2D eigenvalue weighted by atomic mass is 9.91. The van der Waals surface area contributed by atoms with Crippen molar-refractivity contribution < 1.29 is 0 Å². The van der Waals surface area contributed by atoms with Gasteiger partial charge in [-0.25, -0.2) is 0 Å². The molecule has 0 heterocycles. The molecule has 0 spiro atoms. The number of nitrogens with one attached hydrogen (secondary N) is 1. The molecule has 1 N–H and O–H groups in total. The van der Waals surface area contributed by atoms with Gasteiger partial charge in [0, 0.05) is 23.6 Å². The lowest BCUT2D eigenvalue weighted by Crippen LogP contribution is -2.37. The van der Waals surface area contributed by atoms with Gasteiger partial charge < -0.3 is 10.2 Å². The van der Waals surface area contributed by atoms with Crippen molar-refractivity contribution in [2.45, 2.75) is 51.6 Å². The Kier molecular flexibility index (Phi) is 5.28. The van der Waals surface area contributed by atoms with Crippen LogP contribution in [-0.4, -0.2) is 19.6 Å². The van der Waals surface area contributed by atoms with E-state index >= 15 is 0 Å². The molecule has 0 bridgehead atoms. The first kappa shape index (κ1) is 14.9. The van der Waals surface area contributed by atoms with Gasteiger partial charge in [0.15, 0.2) is 0 Å². The number of anilines is 1. The van der Waals surface area contributed by atoms with Crippen LogP contribution in [0.5, 0.6) is 0 Å². The highest BCUT2D eigenvalue weighted by molar-refractivity contribution is 9.10. The van der Waals surface area contributed by atoms with Crippen molar-refractivity contribution in [3.8, 4) is 0 Å². The lowest BCUT2D eigenvalue weighted by Gasteiger charge is -2.37. The Balaban J connectivity index is 2.07. The number of halogens is 1. The Bertz CT molecular complexity index is 415. The van der Waals surface area contributed by atoms with Crippen LogP contribution >= 0.6 is 15.9 Å². The minimum absolute atomic E-state index is 0.416. The van der Waals surface area contributed by atoms with Gasteiger partial charge in [0.25, 0.3) is 0 Å². The molecule has 0 saturated heterocycles. The van der Waals surface area contributed by atoms with Crippen LogP contribution in [0.15, 0.2) is 22.7 Å². The Morgan fingerprint density at radius 1 is 1.42 bits per heavy atom. The van der Waals surface area contributed by atoms with Crippen LogP contribution in [0, 0.1) is 0 Å². The molecule has 0 aromatic heterocycles. The maximum absolute atomic E-state index is 3.74. The van der Waals surface area contributed by atoms with E-state index in [0.29, 0.717) is 6.04 Å². The maximum Gasteiger partial charge on any atom is 0.0510 e. The monoisotopic (exact) mass is 324 g/mol. The van der Waals surface area contributed by atoms with Crippen LogP contribution in [-0.2, 0) is 0 Å². The van der Waals surface area contributed by atoms with Gasteiger partial charge in [0.1, 0.15) is 0 Å². The van der Waals surface area contributed by atoms with Crippen LogP contribution in [0.1, 0.15) is 51.1 Å². The zero-order valence-corrected chi connectivity index (χ0v) is 13.8. The first-order chi connectivity index (χ1) is 9.13. The summed E-state index contributed by atoms with van der Waals surface area (Å²) in [4.78, 5) is 2.42. The van der Waals surface area contributed by atoms with Crippen molar-refractivity contribution in [3.05, 3.63) is 28.2 Å². The summed E-state index contributed by atoms with van der Waals surface area (Å²) in [5.41, 5.74) is 2.67. The van der Waals surface area contributed by atoms with Crippen molar-refractivity contribution in [3.63, 3.8) is 0 Å². The molecular formula is C16H25BrN2. The van der Waals surface area contributed by atoms with E-state index in [0.717, 1.165) is 12.6 Å². The van der Waals surface area contributed by atoms with Gasteiger partial charge in [-0.05, 0) is 72.8 Å². The number of nitrogens with zero attached hydrogens (tertiary/aromatic N) is 1. The average molecular weight is 325 g/mol. The molecule has 1 unspecified atom stereocenters. The zero-order valence-electron chi connectivity index (χ0n) is 12.2. The smallest absolute Gasteiger partial charge is 0.0510 e. The predicted molar refractivity (Wildman–Crippen MR) is 86.9 cm³/mol. The van der Waals surface area contributed by atoms with Crippen molar-refractivity contribution in [1.82, 2.24) is 5.32 Å². The minimum Gasteiger partial charge on any atom is -0.371 e. The van der Waals surface area contributed by atoms with Gasteiger partial charge in [-0.2, -0.15) is 0 Å². The fourth-order valence-corrected chi connectivity index (χ4v) is 3.20. The highest BCUT2D eigenvalue weighted by Crippen LogP contribution is 2.34. The van der Waals surface area contributed by atoms with E-state index in [2.05, 4.69) is 65.2 Å². The zero-order chi connectivity index (χ0) is 13.8. The molecule has 0 radical (unpaired) electrons. The predicted octanol–water partition coefficient (Wildman–Crippen LogP) is 4.50. The number of hydrogen-bond donors (Lipinski definition) is 1. The highest BCUT2D eigenvalue weighted by atomic mass is 79.9. The Labute approximate surface area is 125 Å². The summed E-state index contributed by atoms with van der Waals surface area (Å²) in [6.45, 7) is 5.50. The van der Waals surface area contributed by atoms with Crippen molar-refractivity contribution in [2.24, 2.45) is 0 Å². The van der Waals surface area contributed by atoms with E-state index in [4.69, 9.17) is 0 Å². The first-order valence-corrected chi connectivity index (χ1v) is 8.18. The van der Waals surface area contributed by atoms with Crippen LogP contribution < -0.4 is 10.2 Å². The molecule has 19 heavy (non-hydrogen) atoms.